The lowest BCUT2D eigenvalue weighted by Gasteiger charge is -2.33. The highest BCUT2D eigenvalue weighted by atomic mass is 32.2. The van der Waals surface area contributed by atoms with Crippen LogP contribution in [0, 0.1) is 0 Å². The second-order valence-electron chi connectivity index (χ2n) is 6.67. The number of rotatable bonds is 6. The molecule has 1 fully saturated rings. The molecule has 142 valence electrons. The summed E-state index contributed by atoms with van der Waals surface area (Å²) >= 11 is 1.41. The van der Waals surface area contributed by atoms with E-state index in [0.717, 1.165) is 25.1 Å². The predicted octanol–water partition coefficient (Wildman–Crippen LogP) is 3.67. The number of hydrogen-bond donors (Lipinski definition) is 0. The fraction of sp³-hybridized carbons (Fsp3) is 0.421. The van der Waals surface area contributed by atoms with Gasteiger partial charge in [0.1, 0.15) is 5.76 Å². The van der Waals surface area contributed by atoms with E-state index in [2.05, 4.69) is 17.1 Å². The van der Waals surface area contributed by atoms with Gasteiger partial charge in [-0.15, -0.1) is 10.2 Å². The molecule has 7 nitrogen and oxygen atoms in total. The van der Waals surface area contributed by atoms with Crippen LogP contribution < -0.4 is 0 Å². The SMILES string of the molecule is C[C@H]1CCCCN1C(=O)CSc1nnc(-c2ccco2)n1Cc1ccco1. The monoisotopic (exact) mass is 386 g/mol. The van der Waals surface area contributed by atoms with Gasteiger partial charge in [-0.2, -0.15) is 0 Å². The molecule has 0 saturated carbocycles. The minimum Gasteiger partial charge on any atom is -0.467 e. The zero-order valence-corrected chi connectivity index (χ0v) is 16.0. The van der Waals surface area contributed by atoms with Gasteiger partial charge in [-0.05, 0) is 50.5 Å². The van der Waals surface area contributed by atoms with Gasteiger partial charge >= 0.3 is 0 Å². The summed E-state index contributed by atoms with van der Waals surface area (Å²) < 4.78 is 12.9. The van der Waals surface area contributed by atoms with E-state index in [1.165, 1.54) is 18.2 Å². The van der Waals surface area contributed by atoms with Gasteiger partial charge in [0, 0.05) is 12.6 Å². The Labute approximate surface area is 161 Å². The number of piperidine rings is 1. The molecule has 27 heavy (non-hydrogen) atoms. The van der Waals surface area contributed by atoms with Crippen molar-refractivity contribution >= 4 is 17.7 Å². The Morgan fingerprint density at radius 1 is 1.22 bits per heavy atom. The number of carbonyl (C=O) groups is 1. The highest BCUT2D eigenvalue weighted by Crippen LogP contribution is 2.26. The molecule has 0 aliphatic carbocycles. The Kier molecular flexibility index (Phi) is 5.33. The Balaban J connectivity index is 1.52. The number of amides is 1. The Morgan fingerprint density at radius 2 is 2.07 bits per heavy atom. The summed E-state index contributed by atoms with van der Waals surface area (Å²) in [7, 11) is 0. The number of thioether (sulfide) groups is 1. The number of likely N-dealkylation sites (tertiary alicyclic amines) is 1. The maximum absolute atomic E-state index is 12.7. The normalized spacial score (nSPS) is 17.4. The van der Waals surface area contributed by atoms with E-state index in [1.807, 2.05) is 33.7 Å². The fourth-order valence-corrected chi connectivity index (χ4v) is 4.19. The number of furan rings is 2. The van der Waals surface area contributed by atoms with Crippen LogP contribution in [0.5, 0.6) is 0 Å². The molecule has 0 N–H and O–H groups in total. The van der Waals surface area contributed by atoms with Gasteiger partial charge < -0.3 is 13.7 Å². The van der Waals surface area contributed by atoms with Gasteiger partial charge in [0.2, 0.25) is 11.7 Å². The summed E-state index contributed by atoms with van der Waals surface area (Å²) in [6, 6.07) is 7.72. The maximum atomic E-state index is 12.7. The Morgan fingerprint density at radius 3 is 2.81 bits per heavy atom. The Bertz CT molecular complexity index is 873. The summed E-state index contributed by atoms with van der Waals surface area (Å²) in [5.74, 6) is 2.55. The predicted molar refractivity (Wildman–Crippen MR) is 101 cm³/mol. The summed E-state index contributed by atoms with van der Waals surface area (Å²) in [6.07, 6.45) is 6.60. The van der Waals surface area contributed by atoms with Crippen LogP contribution in [0.1, 0.15) is 31.9 Å². The average Bonchev–Trinajstić information content (AvgIpc) is 3.43. The van der Waals surface area contributed by atoms with Crippen molar-refractivity contribution in [1.82, 2.24) is 19.7 Å². The molecule has 0 unspecified atom stereocenters. The van der Waals surface area contributed by atoms with Gasteiger partial charge in [0.15, 0.2) is 10.9 Å². The minimum atomic E-state index is 0.152. The first-order valence-corrected chi connectivity index (χ1v) is 10.1. The summed E-state index contributed by atoms with van der Waals surface area (Å²) in [5, 5.41) is 9.25. The van der Waals surface area contributed by atoms with Gasteiger partial charge in [-0.3, -0.25) is 9.36 Å². The van der Waals surface area contributed by atoms with E-state index in [-0.39, 0.29) is 5.91 Å². The maximum Gasteiger partial charge on any atom is 0.233 e. The molecule has 1 aliphatic rings. The third-order valence-electron chi connectivity index (χ3n) is 4.80. The van der Waals surface area contributed by atoms with Crippen LogP contribution in [-0.2, 0) is 11.3 Å². The lowest BCUT2D eigenvalue weighted by molar-refractivity contribution is -0.131. The van der Waals surface area contributed by atoms with E-state index in [4.69, 9.17) is 8.83 Å². The number of carbonyl (C=O) groups excluding carboxylic acids is 1. The Hall–Kier alpha value is -2.48. The molecule has 3 aromatic rings. The molecule has 8 heteroatoms. The molecule has 0 bridgehead atoms. The highest BCUT2D eigenvalue weighted by molar-refractivity contribution is 7.99. The second kappa shape index (κ2) is 8.04. The van der Waals surface area contributed by atoms with E-state index in [0.29, 0.717) is 35.1 Å². The van der Waals surface area contributed by atoms with Crippen LogP contribution in [-0.4, -0.2) is 43.9 Å². The zero-order valence-electron chi connectivity index (χ0n) is 15.2. The standard InChI is InChI=1S/C19H22N4O3S/c1-14-6-2-3-9-22(14)17(24)13-27-19-21-20-18(16-8-5-11-26-16)23(19)12-15-7-4-10-25-15/h4-5,7-8,10-11,14H,2-3,6,9,12-13H2,1H3/t14-/m0/s1. The first-order valence-electron chi connectivity index (χ1n) is 9.14. The van der Waals surface area contributed by atoms with Crippen LogP contribution in [0.2, 0.25) is 0 Å². The average molecular weight is 386 g/mol. The quantitative estimate of drug-likeness (QED) is 0.602. The zero-order chi connectivity index (χ0) is 18.6. The van der Waals surface area contributed by atoms with Crippen molar-refractivity contribution in [3.63, 3.8) is 0 Å². The molecular weight excluding hydrogens is 364 g/mol. The van der Waals surface area contributed by atoms with E-state index >= 15 is 0 Å². The van der Waals surface area contributed by atoms with Gasteiger partial charge in [-0.25, -0.2) is 0 Å². The lowest BCUT2D eigenvalue weighted by Crippen LogP contribution is -2.43. The summed E-state index contributed by atoms with van der Waals surface area (Å²) in [4.78, 5) is 14.6. The topological polar surface area (TPSA) is 77.3 Å². The van der Waals surface area contributed by atoms with E-state index < -0.39 is 0 Å². The van der Waals surface area contributed by atoms with Gasteiger partial charge in [-0.1, -0.05) is 11.8 Å². The molecular formula is C19H22N4O3S. The number of hydrogen-bond acceptors (Lipinski definition) is 6. The fourth-order valence-electron chi connectivity index (χ4n) is 3.36. The highest BCUT2D eigenvalue weighted by Gasteiger charge is 2.24. The molecule has 0 radical (unpaired) electrons. The van der Waals surface area contributed by atoms with Crippen molar-refractivity contribution in [3.8, 4) is 11.6 Å². The summed E-state index contributed by atoms with van der Waals surface area (Å²) in [5.41, 5.74) is 0. The van der Waals surface area contributed by atoms with E-state index in [1.54, 1.807) is 12.5 Å². The largest absolute Gasteiger partial charge is 0.467 e. The first kappa shape index (κ1) is 17.9. The van der Waals surface area contributed by atoms with Crippen molar-refractivity contribution in [3.05, 3.63) is 42.6 Å². The number of nitrogens with zero attached hydrogens (tertiary/aromatic N) is 4. The molecule has 3 aromatic heterocycles. The first-order chi connectivity index (χ1) is 13.2. The smallest absolute Gasteiger partial charge is 0.233 e. The van der Waals surface area contributed by atoms with Crippen LogP contribution >= 0.6 is 11.8 Å². The lowest BCUT2D eigenvalue weighted by atomic mass is 10.0. The van der Waals surface area contributed by atoms with Crippen molar-refractivity contribution in [1.29, 1.82) is 0 Å². The molecule has 0 spiro atoms. The van der Waals surface area contributed by atoms with Crippen molar-refractivity contribution in [2.75, 3.05) is 12.3 Å². The molecule has 4 rings (SSSR count). The third-order valence-corrected chi connectivity index (χ3v) is 5.75. The number of aromatic nitrogens is 3. The molecule has 1 amide bonds. The molecule has 1 saturated heterocycles. The van der Waals surface area contributed by atoms with E-state index in [9.17, 15) is 4.79 Å². The van der Waals surface area contributed by atoms with Crippen molar-refractivity contribution < 1.29 is 13.6 Å². The minimum absolute atomic E-state index is 0.152. The molecule has 1 aliphatic heterocycles. The third kappa shape index (κ3) is 3.95. The second-order valence-corrected chi connectivity index (χ2v) is 7.61. The van der Waals surface area contributed by atoms with Crippen molar-refractivity contribution in [2.45, 2.75) is 43.9 Å². The summed E-state index contributed by atoms with van der Waals surface area (Å²) in [6.45, 7) is 3.44. The van der Waals surface area contributed by atoms with Crippen LogP contribution in [0.15, 0.2) is 50.8 Å². The van der Waals surface area contributed by atoms with Gasteiger partial charge in [0.25, 0.3) is 0 Å². The van der Waals surface area contributed by atoms with Gasteiger partial charge in [0.05, 0.1) is 24.8 Å². The van der Waals surface area contributed by atoms with Crippen LogP contribution in [0.4, 0.5) is 0 Å². The van der Waals surface area contributed by atoms with Crippen LogP contribution in [0.25, 0.3) is 11.6 Å². The molecule has 4 heterocycles. The molecule has 0 aromatic carbocycles. The van der Waals surface area contributed by atoms with Crippen LogP contribution in [0.3, 0.4) is 0 Å². The molecule has 1 atom stereocenters. The van der Waals surface area contributed by atoms with Crippen molar-refractivity contribution in [2.24, 2.45) is 0 Å².